The van der Waals surface area contributed by atoms with Gasteiger partial charge in [0.1, 0.15) is 0 Å². The zero-order valence-electron chi connectivity index (χ0n) is 10.1. The molecule has 0 aliphatic heterocycles. The van der Waals surface area contributed by atoms with Crippen molar-refractivity contribution in [3.05, 3.63) is 36.3 Å². The lowest BCUT2D eigenvalue weighted by Crippen LogP contribution is -2.07. The van der Waals surface area contributed by atoms with E-state index in [1.165, 1.54) is 0 Å². The highest BCUT2D eigenvalue weighted by Gasteiger charge is 2.02. The van der Waals surface area contributed by atoms with Crippen molar-refractivity contribution in [3.8, 4) is 0 Å². The SMILES string of the molecule is C=C/C=C(\C=C)SCCCC(=O)OCCCO. The summed E-state index contributed by atoms with van der Waals surface area (Å²) >= 11 is 1.64. The Morgan fingerprint density at radius 3 is 2.71 bits per heavy atom. The number of aliphatic hydroxyl groups is 1. The van der Waals surface area contributed by atoms with Crippen LogP contribution < -0.4 is 0 Å². The van der Waals surface area contributed by atoms with Crippen molar-refractivity contribution in [3.63, 3.8) is 0 Å². The van der Waals surface area contributed by atoms with Gasteiger partial charge in [-0.2, -0.15) is 0 Å². The fourth-order valence-electron chi connectivity index (χ4n) is 1.02. The first-order valence-electron chi connectivity index (χ1n) is 5.59. The molecule has 0 amide bonds. The lowest BCUT2D eigenvalue weighted by molar-refractivity contribution is -0.143. The molecule has 0 aliphatic rings. The minimum absolute atomic E-state index is 0.0537. The van der Waals surface area contributed by atoms with Crippen LogP contribution >= 0.6 is 11.8 Å². The van der Waals surface area contributed by atoms with E-state index in [0.717, 1.165) is 17.1 Å². The minimum Gasteiger partial charge on any atom is -0.466 e. The molecule has 0 bridgehead atoms. The van der Waals surface area contributed by atoms with Crippen LogP contribution in [0.2, 0.25) is 0 Å². The quantitative estimate of drug-likeness (QED) is 0.371. The second-order valence-electron chi connectivity index (χ2n) is 3.26. The summed E-state index contributed by atoms with van der Waals surface area (Å²) < 4.78 is 4.90. The predicted octanol–water partition coefficient (Wildman–Crippen LogP) is 2.68. The monoisotopic (exact) mass is 256 g/mol. The summed E-state index contributed by atoms with van der Waals surface area (Å²) in [5.74, 6) is 0.646. The van der Waals surface area contributed by atoms with Crippen LogP contribution in [0.4, 0.5) is 0 Å². The van der Waals surface area contributed by atoms with Crippen LogP contribution in [0.25, 0.3) is 0 Å². The van der Waals surface area contributed by atoms with Gasteiger partial charge < -0.3 is 9.84 Å². The van der Waals surface area contributed by atoms with Crippen LogP contribution in [0, 0.1) is 0 Å². The Morgan fingerprint density at radius 1 is 1.35 bits per heavy atom. The first-order valence-corrected chi connectivity index (χ1v) is 6.57. The molecule has 96 valence electrons. The number of esters is 1. The molecule has 0 atom stereocenters. The van der Waals surface area contributed by atoms with Gasteiger partial charge in [0.2, 0.25) is 0 Å². The number of carbonyl (C=O) groups is 1. The van der Waals surface area contributed by atoms with Crippen LogP contribution in [-0.4, -0.2) is 30.0 Å². The molecule has 0 heterocycles. The van der Waals surface area contributed by atoms with E-state index in [0.29, 0.717) is 19.4 Å². The van der Waals surface area contributed by atoms with Crippen molar-refractivity contribution in [2.75, 3.05) is 19.0 Å². The molecule has 0 aromatic carbocycles. The number of rotatable bonds is 10. The second-order valence-corrected chi connectivity index (χ2v) is 4.43. The molecule has 0 aromatic rings. The Morgan fingerprint density at radius 2 is 2.12 bits per heavy atom. The number of carbonyl (C=O) groups excluding carboxylic acids is 1. The van der Waals surface area contributed by atoms with Crippen LogP contribution in [0.15, 0.2) is 36.3 Å². The zero-order chi connectivity index (χ0) is 12.9. The third-order valence-electron chi connectivity index (χ3n) is 1.84. The molecule has 0 aliphatic carbocycles. The molecule has 0 unspecified atom stereocenters. The molecule has 0 radical (unpaired) electrons. The number of aliphatic hydroxyl groups excluding tert-OH is 1. The molecule has 0 aromatic heterocycles. The van der Waals surface area contributed by atoms with E-state index < -0.39 is 0 Å². The highest BCUT2D eigenvalue weighted by atomic mass is 32.2. The van der Waals surface area contributed by atoms with Crippen LogP contribution in [0.3, 0.4) is 0 Å². The highest BCUT2D eigenvalue weighted by Crippen LogP contribution is 2.18. The second kappa shape index (κ2) is 11.5. The molecule has 0 spiro atoms. The van der Waals surface area contributed by atoms with Crippen molar-refractivity contribution in [1.29, 1.82) is 0 Å². The summed E-state index contributed by atoms with van der Waals surface area (Å²) in [6.07, 6.45) is 7.06. The molecular formula is C13H20O3S. The standard InChI is InChI=1S/C13H20O3S/c1-3-7-12(4-2)17-11-5-8-13(15)16-10-6-9-14/h3-4,7,14H,1-2,5-6,8-11H2/b12-7+. The number of hydrogen-bond donors (Lipinski definition) is 1. The fourth-order valence-corrected chi connectivity index (χ4v) is 1.86. The maximum absolute atomic E-state index is 11.2. The molecule has 0 saturated heterocycles. The maximum atomic E-state index is 11.2. The van der Waals surface area contributed by atoms with Gasteiger partial charge in [0.15, 0.2) is 0 Å². The van der Waals surface area contributed by atoms with Crippen LogP contribution in [-0.2, 0) is 9.53 Å². The van der Waals surface area contributed by atoms with Gasteiger partial charge in [-0.15, -0.1) is 11.8 Å². The van der Waals surface area contributed by atoms with Crippen LogP contribution in [0.5, 0.6) is 0 Å². The Balaban J connectivity index is 3.56. The Hall–Kier alpha value is -1.00. The topological polar surface area (TPSA) is 46.5 Å². The van der Waals surface area contributed by atoms with Gasteiger partial charge in [-0.25, -0.2) is 0 Å². The van der Waals surface area contributed by atoms with Crippen molar-refractivity contribution in [2.45, 2.75) is 19.3 Å². The largest absolute Gasteiger partial charge is 0.466 e. The molecule has 4 heteroatoms. The van der Waals surface area contributed by atoms with Gasteiger partial charge in [-0.1, -0.05) is 25.3 Å². The van der Waals surface area contributed by atoms with Gasteiger partial charge in [-0.3, -0.25) is 4.79 Å². The maximum Gasteiger partial charge on any atom is 0.305 e. The van der Waals surface area contributed by atoms with E-state index in [9.17, 15) is 4.79 Å². The van der Waals surface area contributed by atoms with E-state index in [1.54, 1.807) is 23.9 Å². The third kappa shape index (κ3) is 9.90. The van der Waals surface area contributed by atoms with Gasteiger partial charge in [-0.05, 0) is 18.2 Å². The summed E-state index contributed by atoms with van der Waals surface area (Å²) in [4.78, 5) is 12.2. The molecule has 0 fully saturated rings. The van der Waals surface area contributed by atoms with E-state index in [4.69, 9.17) is 9.84 Å². The summed E-state index contributed by atoms with van der Waals surface area (Å²) in [5, 5.41) is 8.51. The highest BCUT2D eigenvalue weighted by molar-refractivity contribution is 8.03. The molecule has 17 heavy (non-hydrogen) atoms. The Labute approximate surface area is 107 Å². The van der Waals surface area contributed by atoms with E-state index in [-0.39, 0.29) is 12.6 Å². The van der Waals surface area contributed by atoms with Gasteiger partial charge in [0.25, 0.3) is 0 Å². The van der Waals surface area contributed by atoms with Gasteiger partial charge >= 0.3 is 5.97 Å². The Kier molecular flexibility index (Phi) is 10.8. The smallest absolute Gasteiger partial charge is 0.305 e. The molecule has 1 N–H and O–H groups in total. The normalized spacial score (nSPS) is 11.0. The number of hydrogen-bond acceptors (Lipinski definition) is 4. The average molecular weight is 256 g/mol. The number of thioether (sulfide) groups is 1. The van der Waals surface area contributed by atoms with Crippen molar-refractivity contribution in [1.82, 2.24) is 0 Å². The van der Waals surface area contributed by atoms with Crippen molar-refractivity contribution < 1.29 is 14.6 Å². The molecule has 3 nitrogen and oxygen atoms in total. The predicted molar refractivity (Wildman–Crippen MR) is 72.8 cm³/mol. The molecular weight excluding hydrogens is 236 g/mol. The zero-order valence-corrected chi connectivity index (χ0v) is 10.9. The fraction of sp³-hybridized carbons (Fsp3) is 0.462. The summed E-state index contributed by atoms with van der Waals surface area (Å²) in [5.41, 5.74) is 0. The summed E-state index contributed by atoms with van der Waals surface area (Å²) in [7, 11) is 0. The van der Waals surface area contributed by atoms with Crippen molar-refractivity contribution >= 4 is 17.7 Å². The first kappa shape index (κ1) is 16.0. The first-order chi connectivity index (χ1) is 8.24. The van der Waals surface area contributed by atoms with Crippen molar-refractivity contribution in [2.24, 2.45) is 0 Å². The molecule has 0 saturated carbocycles. The summed E-state index contributed by atoms with van der Waals surface area (Å²) in [6.45, 7) is 7.66. The van der Waals surface area contributed by atoms with E-state index >= 15 is 0 Å². The number of ether oxygens (including phenoxy) is 1. The van der Waals surface area contributed by atoms with E-state index in [2.05, 4.69) is 13.2 Å². The Bertz CT molecular complexity index is 272. The average Bonchev–Trinajstić information content (AvgIpc) is 2.33. The molecule has 0 rings (SSSR count). The summed E-state index contributed by atoms with van der Waals surface area (Å²) in [6, 6.07) is 0. The lowest BCUT2D eigenvalue weighted by Gasteiger charge is -2.04. The van der Waals surface area contributed by atoms with Gasteiger partial charge in [0.05, 0.1) is 6.61 Å². The lowest BCUT2D eigenvalue weighted by atomic mass is 10.3. The van der Waals surface area contributed by atoms with E-state index in [1.807, 2.05) is 6.08 Å². The van der Waals surface area contributed by atoms with Gasteiger partial charge in [0, 0.05) is 24.4 Å². The third-order valence-corrected chi connectivity index (χ3v) is 2.97. The number of allylic oxidation sites excluding steroid dienone is 3. The minimum atomic E-state index is -0.202. The van der Waals surface area contributed by atoms with Crippen LogP contribution in [0.1, 0.15) is 19.3 Å².